The number of nitrogens with zero attached hydrogens (tertiary/aromatic N) is 1. The number of hydrogen-bond acceptors (Lipinski definition) is 3. The van der Waals surface area contributed by atoms with E-state index >= 15 is 0 Å². The van der Waals surface area contributed by atoms with E-state index in [1.54, 1.807) is 0 Å². The van der Waals surface area contributed by atoms with E-state index in [4.69, 9.17) is 5.73 Å². The van der Waals surface area contributed by atoms with Crippen molar-refractivity contribution in [3.8, 4) is 0 Å². The molecule has 0 aliphatic rings. The lowest BCUT2D eigenvalue weighted by molar-refractivity contribution is 0.864. The maximum atomic E-state index is 5.80. The van der Waals surface area contributed by atoms with Gasteiger partial charge in [-0.3, -0.25) is 4.98 Å². The Hall–Kier alpha value is -2.55. The highest BCUT2D eigenvalue weighted by molar-refractivity contribution is 5.92. The molecule has 3 nitrogen and oxygen atoms in total. The van der Waals surface area contributed by atoms with Crippen LogP contribution in [0.2, 0.25) is 0 Å². The molecule has 3 heteroatoms. The highest BCUT2D eigenvalue weighted by atomic mass is 14.9. The molecule has 0 bridgehead atoms. The van der Waals surface area contributed by atoms with Crippen molar-refractivity contribution in [3.05, 3.63) is 66.4 Å². The third kappa shape index (κ3) is 3.31. The van der Waals surface area contributed by atoms with E-state index in [1.807, 2.05) is 30.5 Å². The quantitative estimate of drug-likeness (QED) is 0.550. The molecule has 0 aliphatic carbocycles. The molecule has 0 aliphatic heterocycles. The smallest absolute Gasteiger partial charge is 0.0743 e. The largest absolute Gasteiger partial charge is 0.399 e. The van der Waals surface area contributed by atoms with Crippen LogP contribution in [0.4, 0.5) is 11.4 Å². The molecule has 3 rings (SSSR count). The van der Waals surface area contributed by atoms with E-state index < -0.39 is 0 Å². The van der Waals surface area contributed by atoms with Crippen molar-refractivity contribution in [2.75, 3.05) is 17.6 Å². The van der Waals surface area contributed by atoms with Crippen LogP contribution in [0.25, 0.3) is 10.9 Å². The number of rotatable bonds is 5. The Morgan fingerprint density at radius 3 is 2.71 bits per heavy atom. The molecule has 1 heterocycles. The van der Waals surface area contributed by atoms with Gasteiger partial charge in [0.2, 0.25) is 0 Å². The molecule has 0 saturated heterocycles. The van der Waals surface area contributed by atoms with E-state index in [2.05, 4.69) is 40.6 Å². The summed E-state index contributed by atoms with van der Waals surface area (Å²) in [4.78, 5) is 4.36. The van der Waals surface area contributed by atoms with Gasteiger partial charge in [0, 0.05) is 29.5 Å². The van der Waals surface area contributed by atoms with Gasteiger partial charge < -0.3 is 11.1 Å². The van der Waals surface area contributed by atoms with Crippen LogP contribution < -0.4 is 11.1 Å². The summed E-state index contributed by atoms with van der Waals surface area (Å²) in [6.45, 7) is 0.943. The monoisotopic (exact) mass is 277 g/mol. The van der Waals surface area contributed by atoms with Gasteiger partial charge >= 0.3 is 0 Å². The normalized spacial score (nSPS) is 10.7. The van der Waals surface area contributed by atoms with Gasteiger partial charge in [0.05, 0.1) is 5.52 Å². The molecule has 0 saturated carbocycles. The molecule has 3 aromatic rings. The number of nitrogens with one attached hydrogen (secondary N) is 1. The Kier molecular flexibility index (Phi) is 4.01. The number of nitrogen functional groups attached to an aromatic ring is 1. The molecule has 106 valence electrons. The van der Waals surface area contributed by atoms with Gasteiger partial charge in [-0.05, 0) is 42.7 Å². The fourth-order valence-electron chi connectivity index (χ4n) is 2.48. The second-order valence-corrected chi connectivity index (χ2v) is 5.15. The fourth-order valence-corrected chi connectivity index (χ4v) is 2.48. The summed E-state index contributed by atoms with van der Waals surface area (Å²) in [5, 5.41) is 4.61. The molecule has 3 N–H and O–H groups in total. The molecule has 1 aromatic heterocycles. The maximum Gasteiger partial charge on any atom is 0.0743 e. The van der Waals surface area contributed by atoms with Crippen LogP contribution in [0, 0.1) is 0 Å². The zero-order valence-electron chi connectivity index (χ0n) is 11.9. The molecule has 0 fully saturated rings. The lowest BCUT2D eigenvalue weighted by Gasteiger charge is -2.09. The number of pyridine rings is 1. The highest BCUT2D eigenvalue weighted by Gasteiger charge is 2.01. The zero-order chi connectivity index (χ0) is 14.5. The summed E-state index contributed by atoms with van der Waals surface area (Å²) in [6.07, 6.45) is 4.01. The molecule has 21 heavy (non-hydrogen) atoms. The first kappa shape index (κ1) is 13.4. The SMILES string of the molecule is Nc1ccc2c(NCCCc3ccccc3)ccnc2c1. The first-order valence-electron chi connectivity index (χ1n) is 7.25. The Balaban J connectivity index is 1.63. The number of aryl methyl sites for hydroxylation is 1. The van der Waals surface area contributed by atoms with Gasteiger partial charge in [0.1, 0.15) is 0 Å². The minimum absolute atomic E-state index is 0.747. The van der Waals surface area contributed by atoms with Crippen LogP contribution in [-0.4, -0.2) is 11.5 Å². The number of fused-ring (bicyclic) bond motifs is 1. The molecular weight excluding hydrogens is 258 g/mol. The summed E-state index contributed by atoms with van der Waals surface area (Å²) in [5.41, 5.74) is 9.98. The molecule has 0 amide bonds. The number of benzene rings is 2. The lowest BCUT2D eigenvalue weighted by atomic mass is 10.1. The van der Waals surface area contributed by atoms with Crippen molar-refractivity contribution >= 4 is 22.3 Å². The van der Waals surface area contributed by atoms with Crippen LogP contribution in [0.5, 0.6) is 0 Å². The minimum atomic E-state index is 0.747. The van der Waals surface area contributed by atoms with Crippen LogP contribution in [0.1, 0.15) is 12.0 Å². The second kappa shape index (κ2) is 6.27. The number of aromatic nitrogens is 1. The van der Waals surface area contributed by atoms with Gasteiger partial charge in [-0.1, -0.05) is 30.3 Å². The molecule has 0 spiro atoms. The van der Waals surface area contributed by atoms with E-state index in [0.717, 1.165) is 41.7 Å². The molecule has 0 radical (unpaired) electrons. The summed E-state index contributed by atoms with van der Waals surface area (Å²) in [6, 6.07) is 18.4. The minimum Gasteiger partial charge on any atom is -0.399 e. The highest BCUT2D eigenvalue weighted by Crippen LogP contribution is 2.23. The first-order chi connectivity index (χ1) is 10.3. The molecular formula is C18H19N3. The number of nitrogens with two attached hydrogens (primary N) is 1. The van der Waals surface area contributed by atoms with Gasteiger partial charge in [-0.15, -0.1) is 0 Å². The molecule has 0 unspecified atom stereocenters. The van der Waals surface area contributed by atoms with Gasteiger partial charge in [0.15, 0.2) is 0 Å². The molecule has 0 atom stereocenters. The number of hydrogen-bond donors (Lipinski definition) is 2. The van der Waals surface area contributed by atoms with Gasteiger partial charge in [-0.25, -0.2) is 0 Å². The fraction of sp³-hybridized carbons (Fsp3) is 0.167. The molecule has 2 aromatic carbocycles. The van der Waals surface area contributed by atoms with E-state index in [-0.39, 0.29) is 0 Å². The maximum absolute atomic E-state index is 5.80. The van der Waals surface area contributed by atoms with E-state index in [9.17, 15) is 0 Å². The number of anilines is 2. The van der Waals surface area contributed by atoms with Gasteiger partial charge in [-0.2, -0.15) is 0 Å². The van der Waals surface area contributed by atoms with E-state index in [0.29, 0.717) is 0 Å². The predicted molar refractivity (Wildman–Crippen MR) is 89.4 cm³/mol. The summed E-state index contributed by atoms with van der Waals surface area (Å²) < 4.78 is 0. The zero-order valence-corrected chi connectivity index (χ0v) is 11.9. The van der Waals surface area contributed by atoms with Crippen LogP contribution in [0.3, 0.4) is 0 Å². The van der Waals surface area contributed by atoms with Crippen LogP contribution >= 0.6 is 0 Å². The van der Waals surface area contributed by atoms with Crippen LogP contribution in [-0.2, 0) is 6.42 Å². The average molecular weight is 277 g/mol. The Labute approximate surface area is 124 Å². The summed E-state index contributed by atoms with van der Waals surface area (Å²) in [7, 11) is 0. The van der Waals surface area contributed by atoms with E-state index in [1.165, 1.54) is 5.56 Å². The average Bonchev–Trinajstić information content (AvgIpc) is 2.52. The van der Waals surface area contributed by atoms with Crippen molar-refractivity contribution in [3.63, 3.8) is 0 Å². The van der Waals surface area contributed by atoms with Crippen molar-refractivity contribution in [1.29, 1.82) is 0 Å². The summed E-state index contributed by atoms with van der Waals surface area (Å²) >= 11 is 0. The standard InChI is InChI=1S/C18H19N3/c19-15-8-9-16-17(10-12-21-18(16)13-15)20-11-4-7-14-5-2-1-3-6-14/h1-3,5-6,8-10,12-13H,4,7,11,19H2,(H,20,21). The summed E-state index contributed by atoms with van der Waals surface area (Å²) in [5.74, 6) is 0. The lowest BCUT2D eigenvalue weighted by Crippen LogP contribution is -2.03. The third-order valence-electron chi connectivity index (χ3n) is 3.57. The van der Waals surface area contributed by atoms with Crippen LogP contribution in [0.15, 0.2) is 60.8 Å². The van der Waals surface area contributed by atoms with Crippen molar-refractivity contribution in [2.45, 2.75) is 12.8 Å². The predicted octanol–water partition coefficient (Wildman–Crippen LogP) is 3.86. The van der Waals surface area contributed by atoms with Crippen molar-refractivity contribution in [1.82, 2.24) is 4.98 Å². The van der Waals surface area contributed by atoms with Crippen molar-refractivity contribution in [2.24, 2.45) is 0 Å². The topological polar surface area (TPSA) is 50.9 Å². The van der Waals surface area contributed by atoms with Crippen molar-refractivity contribution < 1.29 is 0 Å². The second-order valence-electron chi connectivity index (χ2n) is 5.15. The first-order valence-corrected chi connectivity index (χ1v) is 7.25. The third-order valence-corrected chi connectivity index (χ3v) is 3.57. The van der Waals surface area contributed by atoms with Gasteiger partial charge in [0.25, 0.3) is 0 Å². The Morgan fingerprint density at radius 1 is 1.00 bits per heavy atom. The Bertz CT molecular complexity index is 723. The Morgan fingerprint density at radius 2 is 1.86 bits per heavy atom.